The summed E-state index contributed by atoms with van der Waals surface area (Å²) in [6, 6.07) is 21.0. The Morgan fingerprint density at radius 2 is 1.55 bits per heavy atom. The minimum absolute atomic E-state index is 0.0506. The Morgan fingerprint density at radius 1 is 0.950 bits per heavy atom. The number of rotatable bonds is 11. The zero-order valence-corrected chi connectivity index (χ0v) is 25.8. The molecule has 0 aliphatic heterocycles. The Kier molecular flexibility index (Phi) is 10.4. The van der Waals surface area contributed by atoms with Crippen LogP contribution in [-0.4, -0.2) is 49.9 Å². The molecule has 0 saturated carbocycles. The maximum absolute atomic E-state index is 14.0. The van der Waals surface area contributed by atoms with Gasteiger partial charge in [0.2, 0.25) is 11.8 Å². The number of ether oxygens (including phenoxy) is 1. The molecule has 10 heteroatoms. The molecule has 0 aromatic heterocycles. The van der Waals surface area contributed by atoms with Crippen molar-refractivity contribution in [3.63, 3.8) is 0 Å². The standard InChI is InChI=1S/C30H36BrN3O5S/c1-6-39-26-18-16-25(17-19-26)34(40(37,38)27-10-8-7-9-11-27)21-28(35)33(20-23-12-14-24(31)15-13-23)22(2)29(36)32-30(3,4)5/h7-19,22H,6,20-21H2,1-5H3,(H,32,36)/t22-/m1/s1. The maximum Gasteiger partial charge on any atom is 0.264 e. The zero-order valence-electron chi connectivity index (χ0n) is 23.4. The van der Waals surface area contributed by atoms with Gasteiger partial charge < -0.3 is 15.0 Å². The average molecular weight is 631 g/mol. The van der Waals surface area contributed by atoms with Crippen molar-refractivity contribution in [2.45, 2.75) is 57.6 Å². The van der Waals surface area contributed by atoms with Gasteiger partial charge in [0, 0.05) is 16.6 Å². The number of anilines is 1. The van der Waals surface area contributed by atoms with Crippen LogP contribution >= 0.6 is 15.9 Å². The summed E-state index contributed by atoms with van der Waals surface area (Å²) in [6.45, 7) is 9.15. The number of nitrogens with one attached hydrogen (secondary N) is 1. The highest BCUT2D eigenvalue weighted by molar-refractivity contribution is 9.10. The van der Waals surface area contributed by atoms with Gasteiger partial charge in [-0.25, -0.2) is 8.42 Å². The summed E-state index contributed by atoms with van der Waals surface area (Å²) in [5.41, 5.74) is 0.587. The first-order chi connectivity index (χ1) is 18.8. The van der Waals surface area contributed by atoms with Gasteiger partial charge >= 0.3 is 0 Å². The van der Waals surface area contributed by atoms with E-state index in [9.17, 15) is 18.0 Å². The fourth-order valence-electron chi connectivity index (χ4n) is 3.97. The number of nitrogens with zero attached hydrogens (tertiary/aromatic N) is 2. The molecule has 3 rings (SSSR count). The SMILES string of the molecule is CCOc1ccc(N(CC(=O)N(Cc2ccc(Br)cc2)[C@H](C)C(=O)NC(C)(C)C)S(=O)(=O)c2ccccc2)cc1. The van der Waals surface area contributed by atoms with Crippen LogP contribution in [0.25, 0.3) is 0 Å². The largest absolute Gasteiger partial charge is 0.494 e. The molecular weight excluding hydrogens is 594 g/mol. The predicted octanol–water partition coefficient (Wildman–Crippen LogP) is 5.38. The first kappa shape index (κ1) is 31.2. The number of carbonyl (C=O) groups excluding carboxylic acids is 2. The van der Waals surface area contributed by atoms with Crippen LogP contribution in [0, 0.1) is 0 Å². The van der Waals surface area contributed by atoms with Crippen molar-refractivity contribution in [2.75, 3.05) is 17.5 Å². The number of carbonyl (C=O) groups is 2. The normalized spacial score (nSPS) is 12.3. The van der Waals surface area contributed by atoms with Crippen LogP contribution in [0.2, 0.25) is 0 Å². The molecule has 214 valence electrons. The van der Waals surface area contributed by atoms with E-state index in [1.54, 1.807) is 49.4 Å². The molecule has 2 amide bonds. The van der Waals surface area contributed by atoms with Gasteiger partial charge in [-0.05, 0) is 88.7 Å². The molecule has 1 atom stereocenters. The van der Waals surface area contributed by atoms with Gasteiger partial charge in [-0.15, -0.1) is 0 Å². The highest BCUT2D eigenvalue weighted by Crippen LogP contribution is 2.27. The molecule has 0 saturated heterocycles. The van der Waals surface area contributed by atoms with Crippen LogP contribution in [0.4, 0.5) is 5.69 Å². The predicted molar refractivity (Wildman–Crippen MR) is 161 cm³/mol. The number of amides is 2. The summed E-state index contributed by atoms with van der Waals surface area (Å²) in [5.74, 6) is -0.275. The van der Waals surface area contributed by atoms with Crippen molar-refractivity contribution in [3.05, 3.63) is 88.9 Å². The monoisotopic (exact) mass is 629 g/mol. The third kappa shape index (κ3) is 8.32. The lowest BCUT2D eigenvalue weighted by molar-refractivity contribution is -0.140. The van der Waals surface area contributed by atoms with E-state index < -0.39 is 34.1 Å². The summed E-state index contributed by atoms with van der Waals surface area (Å²) < 4.78 is 35.1. The van der Waals surface area contributed by atoms with Crippen LogP contribution in [-0.2, 0) is 26.2 Å². The maximum atomic E-state index is 14.0. The van der Waals surface area contributed by atoms with Crippen LogP contribution < -0.4 is 14.4 Å². The van der Waals surface area contributed by atoms with Gasteiger partial charge in [0.25, 0.3) is 10.0 Å². The lowest BCUT2D eigenvalue weighted by Gasteiger charge is -2.33. The van der Waals surface area contributed by atoms with E-state index in [1.165, 1.54) is 17.0 Å². The van der Waals surface area contributed by atoms with Gasteiger partial charge in [-0.2, -0.15) is 0 Å². The molecule has 0 heterocycles. The van der Waals surface area contributed by atoms with E-state index in [-0.39, 0.29) is 17.3 Å². The minimum atomic E-state index is -4.12. The smallest absolute Gasteiger partial charge is 0.264 e. The van der Waals surface area contributed by atoms with Gasteiger partial charge in [0.15, 0.2) is 0 Å². The zero-order chi connectivity index (χ0) is 29.5. The summed E-state index contributed by atoms with van der Waals surface area (Å²) in [7, 11) is -4.12. The lowest BCUT2D eigenvalue weighted by Crippen LogP contribution is -2.54. The van der Waals surface area contributed by atoms with Crippen molar-refractivity contribution < 1.29 is 22.7 Å². The molecule has 1 N–H and O–H groups in total. The summed E-state index contributed by atoms with van der Waals surface area (Å²) in [6.07, 6.45) is 0. The van der Waals surface area contributed by atoms with Crippen molar-refractivity contribution in [2.24, 2.45) is 0 Å². The molecule has 0 unspecified atom stereocenters. The number of halogens is 1. The van der Waals surface area contributed by atoms with Gasteiger partial charge in [-0.3, -0.25) is 13.9 Å². The number of benzene rings is 3. The summed E-state index contributed by atoms with van der Waals surface area (Å²) in [4.78, 5) is 28.6. The molecule has 0 spiro atoms. The third-order valence-electron chi connectivity index (χ3n) is 5.98. The van der Waals surface area contributed by atoms with Crippen LogP contribution in [0.5, 0.6) is 5.75 Å². The molecule has 8 nitrogen and oxygen atoms in total. The van der Waals surface area contributed by atoms with E-state index >= 15 is 0 Å². The van der Waals surface area contributed by atoms with Crippen molar-refractivity contribution in [1.29, 1.82) is 0 Å². The molecule has 0 fully saturated rings. The second-order valence-electron chi connectivity index (χ2n) is 10.3. The van der Waals surface area contributed by atoms with Gasteiger partial charge in [0.05, 0.1) is 17.2 Å². The molecule has 3 aromatic carbocycles. The van der Waals surface area contributed by atoms with Crippen molar-refractivity contribution >= 4 is 43.5 Å². The molecule has 0 aliphatic rings. The summed E-state index contributed by atoms with van der Waals surface area (Å²) >= 11 is 3.42. The topological polar surface area (TPSA) is 96.0 Å². The fourth-order valence-corrected chi connectivity index (χ4v) is 5.67. The highest BCUT2D eigenvalue weighted by atomic mass is 79.9. The van der Waals surface area contributed by atoms with Crippen LogP contribution in [0.1, 0.15) is 40.2 Å². The van der Waals surface area contributed by atoms with Crippen molar-refractivity contribution in [3.8, 4) is 5.75 Å². The van der Waals surface area contributed by atoms with Crippen LogP contribution in [0.15, 0.2) is 88.2 Å². The molecule has 40 heavy (non-hydrogen) atoms. The molecule has 0 bridgehead atoms. The van der Waals surface area contributed by atoms with E-state index in [1.807, 2.05) is 52.0 Å². The number of hydrogen-bond donors (Lipinski definition) is 1. The Morgan fingerprint density at radius 3 is 2.10 bits per heavy atom. The number of hydrogen-bond acceptors (Lipinski definition) is 5. The summed E-state index contributed by atoms with van der Waals surface area (Å²) in [5, 5.41) is 2.92. The van der Waals surface area contributed by atoms with E-state index in [0.717, 1.165) is 14.3 Å². The number of sulfonamides is 1. The lowest BCUT2D eigenvalue weighted by atomic mass is 10.1. The molecule has 0 aliphatic carbocycles. The Bertz CT molecular complexity index is 1390. The Labute approximate surface area is 245 Å². The van der Waals surface area contributed by atoms with Gasteiger partial charge in [0.1, 0.15) is 18.3 Å². The average Bonchev–Trinajstić information content (AvgIpc) is 2.91. The first-order valence-electron chi connectivity index (χ1n) is 13.0. The van der Waals surface area contributed by atoms with Crippen LogP contribution in [0.3, 0.4) is 0 Å². The molecule has 0 radical (unpaired) electrons. The quantitative estimate of drug-likeness (QED) is 0.307. The molecule has 3 aromatic rings. The van der Waals surface area contributed by atoms with Gasteiger partial charge in [-0.1, -0.05) is 46.3 Å². The van der Waals surface area contributed by atoms with E-state index in [0.29, 0.717) is 18.0 Å². The molecular formula is C30H36BrN3O5S. The Hall–Kier alpha value is -3.37. The Balaban J connectivity index is 2.02. The van der Waals surface area contributed by atoms with Crippen molar-refractivity contribution in [1.82, 2.24) is 10.2 Å². The third-order valence-corrected chi connectivity index (χ3v) is 8.29. The van der Waals surface area contributed by atoms with E-state index in [2.05, 4.69) is 21.2 Å². The first-order valence-corrected chi connectivity index (χ1v) is 15.2. The second kappa shape index (κ2) is 13.3. The minimum Gasteiger partial charge on any atom is -0.494 e. The van der Waals surface area contributed by atoms with E-state index in [4.69, 9.17) is 4.74 Å². The fraction of sp³-hybridized carbons (Fsp3) is 0.333. The second-order valence-corrected chi connectivity index (χ2v) is 13.1. The highest BCUT2D eigenvalue weighted by Gasteiger charge is 2.33.